The van der Waals surface area contributed by atoms with E-state index in [-0.39, 0.29) is 0 Å². The van der Waals surface area contributed by atoms with Crippen molar-refractivity contribution in [1.82, 2.24) is 4.98 Å². The summed E-state index contributed by atoms with van der Waals surface area (Å²) in [5.41, 5.74) is 1.39. The van der Waals surface area contributed by atoms with E-state index in [1.165, 1.54) is 18.1 Å². The van der Waals surface area contributed by atoms with Crippen LogP contribution in [0, 0.1) is 5.92 Å². The Bertz CT molecular complexity index is 233. The quantitative estimate of drug-likeness (QED) is 0.640. The molecule has 0 unspecified atom stereocenters. The highest BCUT2D eigenvalue weighted by Gasteiger charge is 2.15. The molecule has 0 saturated heterocycles. The van der Waals surface area contributed by atoms with E-state index >= 15 is 0 Å². The lowest BCUT2D eigenvalue weighted by Crippen LogP contribution is -2.30. The Hall–Kier alpha value is -0.785. The third kappa shape index (κ3) is 3.21. The summed E-state index contributed by atoms with van der Waals surface area (Å²) in [6.45, 7) is 7.49. The summed E-state index contributed by atoms with van der Waals surface area (Å²) < 4.78 is 0. The predicted molar refractivity (Wildman–Crippen MR) is 59.8 cm³/mol. The maximum Gasteiger partial charge on any atom is 0.177 e. The molecular weight excluding hydrogens is 157 g/mol. The summed E-state index contributed by atoms with van der Waals surface area (Å²) in [7, 11) is 0. The highest BCUT2D eigenvalue weighted by molar-refractivity contribution is 6.73. The van der Waals surface area contributed by atoms with Gasteiger partial charge in [0.25, 0.3) is 0 Å². The second-order valence-electron chi connectivity index (χ2n) is 4.02. The van der Waals surface area contributed by atoms with E-state index in [4.69, 9.17) is 0 Å². The van der Waals surface area contributed by atoms with E-state index < -0.39 is 0 Å². The number of aromatic nitrogens is 1. The van der Waals surface area contributed by atoms with Crippen LogP contribution in [-0.2, 0) is 0 Å². The van der Waals surface area contributed by atoms with Gasteiger partial charge in [0.1, 0.15) is 0 Å². The lowest BCUT2D eigenvalue weighted by atomic mass is 9.40. The minimum Gasteiger partial charge on any atom is -0.265 e. The van der Waals surface area contributed by atoms with Crippen LogP contribution in [0.2, 0.25) is 12.6 Å². The first-order valence-corrected chi connectivity index (χ1v) is 5.14. The summed E-state index contributed by atoms with van der Waals surface area (Å²) in [6, 6.07) is 4.21. The average Bonchev–Trinajstić information content (AvgIpc) is 2.15. The topological polar surface area (TPSA) is 12.9 Å². The Morgan fingerprint density at radius 2 is 2.23 bits per heavy atom. The zero-order valence-corrected chi connectivity index (χ0v) is 8.83. The zero-order chi connectivity index (χ0) is 9.68. The summed E-state index contributed by atoms with van der Waals surface area (Å²) in [5, 5.41) is 0. The van der Waals surface area contributed by atoms with Gasteiger partial charge in [0.2, 0.25) is 0 Å². The molecule has 0 saturated carbocycles. The predicted octanol–water partition coefficient (Wildman–Crippen LogP) is 2.46. The lowest BCUT2D eigenvalue weighted by Gasteiger charge is -2.13. The molecule has 2 heteroatoms. The molecule has 0 N–H and O–H groups in total. The first kappa shape index (κ1) is 10.3. The van der Waals surface area contributed by atoms with Crippen molar-refractivity contribution in [3.63, 3.8) is 0 Å². The van der Waals surface area contributed by atoms with E-state index in [1.54, 1.807) is 0 Å². The summed E-state index contributed by atoms with van der Waals surface area (Å²) in [6.07, 6.45) is 6.31. The Balaban J connectivity index is 2.67. The second kappa shape index (κ2) is 5.06. The molecule has 1 aromatic heterocycles. The van der Waals surface area contributed by atoms with Gasteiger partial charge in [0, 0.05) is 12.4 Å². The maximum atomic E-state index is 4.16. The number of hydrogen-bond acceptors (Lipinski definition) is 1. The van der Waals surface area contributed by atoms with Gasteiger partial charge in [-0.3, -0.25) is 4.98 Å². The molecule has 13 heavy (non-hydrogen) atoms. The summed E-state index contributed by atoms with van der Waals surface area (Å²) in [4.78, 5) is 4.16. The number of pyridine rings is 1. The molecule has 1 nitrogen and oxygen atoms in total. The number of rotatable bonds is 4. The van der Waals surface area contributed by atoms with E-state index in [1.807, 2.05) is 18.5 Å². The van der Waals surface area contributed by atoms with Crippen LogP contribution in [0.25, 0.3) is 0 Å². The summed E-state index contributed by atoms with van der Waals surface area (Å²) in [5.74, 6) is 0.769. The van der Waals surface area contributed by atoms with Crippen molar-refractivity contribution < 1.29 is 0 Å². The van der Waals surface area contributed by atoms with Gasteiger partial charge in [0.05, 0.1) is 0 Å². The number of nitrogens with zero attached hydrogens (tertiary/aromatic N) is 1. The molecule has 1 heterocycles. The average molecular weight is 175 g/mol. The largest absolute Gasteiger partial charge is 0.265 e. The van der Waals surface area contributed by atoms with Crippen molar-refractivity contribution in [2.75, 3.05) is 0 Å². The fourth-order valence-corrected chi connectivity index (χ4v) is 1.72. The van der Waals surface area contributed by atoms with Crippen molar-refractivity contribution in [3.8, 4) is 0 Å². The van der Waals surface area contributed by atoms with Gasteiger partial charge in [-0.1, -0.05) is 50.9 Å². The van der Waals surface area contributed by atoms with Crippen LogP contribution in [0.3, 0.4) is 0 Å². The lowest BCUT2D eigenvalue weighted by molar-refractivity contribution is 0.726. The highest BCUT2D eigenvalue weighted by Crippen LogP contribution is 2.08. The van der Waals surface area contributed by atoms with Crippen LogP contribution in [0.15, 0.2) is 24.5 Å². The Labute approximate surface area is 81.7 Å². The molecule has 0 amide bonds. The first-order valence-electron chi connectivity index (χ1n) is 5.14. The smallest absolute Gasteiger partial charge is 0.177 e. The van der Waals surface area contributed by atoms with E-state index in [0.717, 1.165) is 5.92 Å². The molecule has 0 aliphatic rings. The standard InChI is InChI=1S/C11H18BN/c1-4-12(8-10(2)3)11-6-5-7-13-9-11/h5-7,9-10H,4,8H2,1-3H3. The minimum atomic E-state index is 0.689. The van der Waals surface area contributed by atoms with Crippen LogP contribution in [0.5, 0.6) is 0 Å². The second-order valence-corrected chi connectivity index (χ2v) is 4.02. The van der Waals surface area contributed by atoms with Crippen LogP contribution < -0.4 is 5.46 Å². The molecule has 0 atom stereocenters. The third-order valence-corrected chi connectivity index (χ3v) is 2.40. The first-order chi connectivity index (χ1) is 6.24. The van der Waals surface area contributed by atoms with E-state index in [2.05, 4.69) is 31.8 Å². The minimum absolute atomic E-state index is 0.689. The Morgan fingerprint density at radius 1 is 1.46 bits per heavy atom. The van der Waals surface area contributed by atoms with Gasteiger partial charge in [-0.15, -0.1) is 0 Å². The number of hydrogen-bond donors (Lipinski definition) is 0. The van der Waals surface area contributed by atoms with Crippen LogP contribution in [-0.4, -0.2) is 11.7 Å². The van der Waals surface area contributed by atoms with Crippen molar-refractivity contribution in [3.05, 3.63) is 24.5 Å². The van der Waals surface area contributed by atoms with E-state index in [0.29, 0.717) is 6.71 Å². The molecule has 0 fully saturated rings. The van der Waals surface area contributed by atoms with Gasteiger partial charge in [-0.05, 0) is 6.07 Å². The third-order valence-electron chi connectivity index (χ3n) is 2.40. The van der Waals surface area contributed by atoms with Crippen molar-refractivity contribution in [2.24, 2.45) is 5.92 Å². The maximum absolute atomic E-state index is 4.16. The fourth-order valence-electron chi connectivity index (χ4n) is 1.72. The molecule has 0 radical (unpaired) electrons. The molecule has 1 rings (SSSR count). The van der Waals surface area contributed by atoms with Crippen LogP contribution in [0.4, 0.5) is 0 Å². The van der Waals surface area contributed by atoms with Crippen molar-refractivity contribution in [1.29, 1.82) is 0 Å². The molecule has 0 aliphatic carbocycles. The Kier molecular flexibility index (Phi) is 4.00. The summed E-state index contributed by atoms with van der Waals surface area (Å²) >= 11 is 0. The van der Waals surface area contributed by atoms with Crippen molar-refractivity contribution >= 4 is 12.2 Å². The molecule has 1 aromatic rings. The fraction of sp³-hybridized carbons (Fsp3) is 0.545. The van der Waals surface area contributed by atoms with Crippen LogP contribution >= 0.6 is 0 Å². The molecule has 0 aliphatic heterocycles. The van der Waals surface area contributed by atoms with Crippen LogP contribution in [0.1, 0.15) is 20.8 Å². The highest BCUT2D eigenvalue weighted by atomic mass is 14.6. The van der Waals surface area contributed by atoms with Gasteiger partial charge in [-0.25, -0.2) is 0 Å². The molecule has 0 aromatic carbocycles. The Morgan fingerprint density at radius 3 is 2.69 bits per heavy atom. The van der Waals surface area contributed by atoms with Gasteiger partial charge in [0.15, 0.2) is 6.71 Å². The van der Waals surface area contributed by atoms with Gasteiger partial charge >= 0.3 is 0 Å². The SMILES string of the molecule is CCB(CC(C)C)c1cccnc1. The molecule has 70 valence electrons. The zero-order valence-electron chi connectivity index (χ0n) is 8.83. The monoisotopic (exact) mass is 175 g/mol. The van der Waals surface area contributed by atoms with Crippen molar-refractivity contribution in [2.45, 2.75) is 33.4 Å². The molecular formula is C11H18BN. The molecule has 0 bridgehead atoms. The van der Waals surface area contributed by atoms with Gasteiger partial charge in [-0.2, -0.15) is 0 Å². The normalized spacial score (nSPS) is 10.5. The van der Waals surface area contributed by atoms with Gasteiger partial charge < -0.3 is 0 Å². The van der Waals surface area contributed by atoms with E-state index in [9.17, 15) is 0 Å². The molecule has 0 spiro atoms.